The minimum Gasteiger partial charge on any atom is -0.494 e. The highest BCUT2D eigenvalue weighted by atomic mass is 35.5. The second-order valence-electron chi connectivity index (χ2n) is 3.94. The normalized spacial score (nSPS) is 10.2. The lowest BCUT2D eigenvalue weighted by molar-refractivity contribution is 0.317. The molecule has 2 rings (SSSR count). The molecular weight excluding hydrogens is 264 g/mol. The van der Waals surface area contributed by atoms with Crippen LogP contribution in [0.2, 0.25) is 5.28 Å². The number of anilines is 3. The third kappa shape index (κ3) is 3.72. The Kier molecular flexibility index (Phi) is 4.41. The Bertz CT molecular complexity index is 545. The van der Waals surface area contributed by atoms with Crippen LogP contribution in [0.4, 0.5) is 17.2 Å². The molecule has 1 aromatic heterocycles. The largest absolute Gasteiger partial charge is 0.494 e. The Morgan fingerprint density at radius 3 is 2.74 bits per heavy atom. The van der Waals surface area contributed by atoms with Crippen molar-refractivity contribution in [1.29, 1.82) is 0 Å². The summed E-state index contributed by atoms with van der Waals surface area (Å²) in [5, 5.41) is 3.23. The van der Waals surface area contributed by atoms with Crippen molar-refractivity contribution >= 4 is 28.8 Å². The van der Waals surface area contributed by atoms with Gasteiger partial charge in [-0.1, -0.05) is 6.92 Å². The van der Waals surface area contributed by atoms with E-state index in [0.717, 1.165) is 17.9 Å². The van der Waals surface area contributed by atoms with Crippen LogP contribution in [-0.2, 0) is 0 Å². The molecule has 0 saturated carbocycles. The lowest BCUT2D eigenvalue weighted by Gasteiger charge is -2.09. The first-order chi connectivity index (χ1) is 9.19. The van der Waals surface area contributed by atoms with Crippen LogP contribution in [0.1, 0.15) is 13.3 Å². The number of ether oxygens (including phenoxy) is 1. The third-order valence-electron chi connectivity index (χ3n) is 2.38. The van der Waals surface area contributed by atoms with E-state index in [-0.39, 0.29) is 5.28 Å². The summed E-state index contributed by atoms with van der Waals surface area (Å²) in [4.78, 5) is 7.83. The first-order valence-electron chi connectivity index (χ1n) is 5.97. The van der Waals surface area contributed by atoms with Gasteiger partial charge in [0, 0.05) is 5.69 Å². The minimum atomic E-state index is 0.152. The topological polar surface area (TPSA) is 73.1 Å². The Balaban J connectivity index is 2.08. The molecule has 5 nitrogen and oxygen atoms in total. The second kappa shape index (κ2) is 6.24. The van der Waals surface area contributed by atoms with Crippen LogP contribution in [0.15, 0.2) is 30.5 Å². The highest BCUT2D eigenvalue weighted by molar-refractivity contribution is 6.28. The molecule has 0 bridgehead atoms. The van der Waals surface area contributed by atoms with Crippen LogP contribution >= 0.6 is 11.6 Å². The lowest BCUT2D eigenvalue weighted by atomic mass is 10.3. The molecule has 2 aromatic rings. The number of aromatic nitrogens is 2. The SMILES string of the molecule is CCCOc1ccc(Nc2nc(Cl)ncc2N)cc1. The summed E-state index contributed by atoms with van der Waals surface area (Å²) in [7, 11) is 0. The summed E-state index contributed by atoms with van der Waals surface area (Å²) in [5.41, 5.74) is 7.05. The monoisotopic (exact) mass is 278 g/mol. The van der Waals surface area contributed by atoms with Gasteiger partial charge in [-0.15, -0.1) is 0 Å². The van der Waals surface area contributed by atoms with E-state index in [4.69, 9.17) is 22.1 Å². The minimum absolute atomic E-state index is 0.152. The quantitative estimate of drug-likeness (QED) is 0.822. The number of hydrogen-bond donors (Lipinski definition) is 2. The number of halogens is 1. The highest BCUT2D eigenvalue weighted by Crippen LogP contribution is 2.23. The first-order valence-corrected chi connectivity index (χ1v) is 6.34. The van der Waals surface area contributed by atoms with Crippen LogP contribution in [-0.4, -0.2) is 16.6 Å². The molecule has 0 atom stereocenters. The molecule has 0 fully saturated rings. The van der Waals surface area contributed by atoms with Crippen molar-refractivity contribution < 1.29 is 4.74 Å². The molecule has 0 unspecified atom stereocenters. The molecule has 1 aromatic carbocycles. The van der Waals surface area contributed by atoms with Crippen LogP contribution in [0.3, 0.4) is 0 Å². The van der Waals surface area contributed by atoms with Crippen molar-refractivity contribution in [3.63, 3.8) is 0 Å². The van der Waals surface area contributed by atoms with Gasteiger partial charge in [0.05, 0.1) is 18.5 Å². The lowest BCUT2D eigenvalue weighted by Crippen LogP contribution is -2.01. The number of nitrogens with one attached hydrogen (secondary N) is 1. The molecule has 0 radical (unpaired) electrons. The van der Waals surface area contributed by atoms with E-state index >= 15 is 0 Å². The van der Waals surface area contributed by atoms with E-state index in [2.05, 4.69) is 22.2 Å². The van der Waals surface area contributed by atoms with Crippen molar-refractivity contribution in [2.45, 2.75) is 13.3 Å². The Hall–Kier alpha value is -2.01. The molecule has 0 aliphatic carbocycles. The number of benzene rings is 1. The van der Waals surface area contributed by atoms with E-state index in [1.807, 2.05) is 24.3 Å². The number of nitrogens with two attached hydrogens (primary N) is 1. The van der Waals surface area contributed by atoms with Gasteiger partial charge in [-0.05, 0) is 42.3 Å². The second-order valence-corrected chi connectivity index (χ2v) is 4.28. The van der Waals surface area contributed by atoms with Gasteiger partial charge in [-0.25, -0.2) is 4.98 Å². The molecule has 0 saturated heterocycles. The van der Waals surface area contributed by atoms with Crippen molar-refractivity contribution in [2.24, 2.45) is 0 Å². The summed E-state index contributed by atoms with van der Waals surface area (Å²) in [6.45, 7) is 2.78. The van der Waals surface area contributed by atoms with Crippen molar-refractivity contribution in [3.8, 4) is 5.75 Å². The summed E-state index contributed by atoms with van der Waals surface area (Å²) in [6, 6.07) is 7.55. The van der Waals surface area contributed by atoms with Gasteiger partial charge >= 0.3 is 0 Å². The fraction of sp³-hybridized carbons (Fsp3) is 0.231. The predicted octanol–water partition coefficient (Wildman–Crippen LogP) is 3.24. The molecule has 19 heavy (non-hydrogen) atoms. The smallest absolute Gasteiger partial charge is 0.224 e. The van der Waals surface area contributed by atoms with Gasteiger partial charge in [0.15, 0.2) is 5.82 Å². The van der Waals surface area contributed by atoms with Gasteiger partial charge in [0.1, 0.15) is 5.75 Å². The van der Waals surface area contributed by atoms with E-state index in [1.165, 1.54) is 6.20 Å². The van der Waals surface area contributed by atoms with E-state index in [9.17, 15) is 0 Å². The average molecular weight is 279 g/mol. The van der Waals surface area contributed by atoms with Gasteiger partial charge < -0.3 is 15.8 Å². The van der Waals surface area contributed by atoms with E-state index < -0.39 is 0 Å². The van der Waals surface area contributed by atoms with E-state index in [1.54, 1.807) is 0 Å². The maximum Gasteiger partial charge on any atom is 0.224 e. The summed E-state index contributed by atoms with van der Waals surface area (Å²) in [6.07, 6.45) is 2.45. The van der Waals surface area contributed by atoms with Crippen molar-refractivity contribution in [2.75, 3.05) is 17.7 Å². The van der Waals surface area contributed by atoms with Crippen molar-refractivity contribution in [1.82, 2.24) is 9.97 Å². The maximum atomic E-state index is 5.76. The third-order valence-corrected chi connectivity index (χ3v) is 2.56. The fourth-order valence-corrected chi connectivity index (χ4v) is 1.59. The van der Waals surface area contributed by atoms with Crippen LogP contribution in [0, 0.1) is 0 Å². The van der Waals surface area contributed by atoms with Crippen molar-refractivity contribution in [3.05, 3.63) is 35.7 Å². The summed E-state index contributed by atoms with van der Waals surface area (Å²) in [5.74, 6) is 1.32. The Morgan fingerprint density at radius 2 is 2.05 bits per heavy atom. The maximum absolute atomic E-state index is 5.76. The molecule has 100 valence electrons. The number of nitrogens with zero attached hydrogens (tertiary/aromatic N) is 2. The Labute approximate surface area is 116 Å². The molecule has 6 heteroatoms. The van der Waals surface area contributed by atoms with Crippen LogP contribution in [0.5, 0.6) is 5.75 Å². The van der Waals surface area contributed by atoms with E-state index in [0.29, 0.717) is 18.1 Å². The first kappa shape index (κ1) is 13.4. The fourth-order valence-electron chi connectivity index (χ4n) is 1.46. The van der Waals surface area contributed by atoms with Gasteiger partial charge in [0.2, 0.25) is 5.28 Å². The summed E-state index contributed by atoms with van der Waals surface area (Å²) >= 11 is 5.73. The Morgan fingerprint density at radius 1 is 1.32 bits per heavy atom. The molecule has 0 aliphatic rings. The zero-order valence-corrected chi connectivity index (χ0v) is 11.3. The molecule has 0 amide bonds. The zero-order valence-electron chi connectivity index (χ0n) is 10.6. The van der Waals surface area contributed by atoms with Crippen LogP contribution < -0.4 is 15.8 Å². The standard InChI is InChI=1S/C13H15ClN4O/c1-2-7-19-10-5-3-9(4-6-10)17-12-11(15)8-16-13(14)18-12/h3-6,8H,2,7,15H2,1H3,(H,16,17,18). The van der Waals surface area contributed by atoms with Crippen LogP contribution in [0.25, 0.3) is 0 Å². The molecule has 3 N–H and O–H groups in total. The molecular formula is C13H15ClN4O. The number of nitrogen functional groups attached to an aromatic ring is 1. The number of hydrogen-bond acceptors (Lipinski definition) is 5. The van der Waals surface area contributed by atoms with Gasteiger partial charge in [-0.3, -0.25) is 0 Å². The number of rotatable bonds is 5. The van der Waals surface area contributed by atoms with Gasteiger partial charge in [0.25, 0.3) is 0 Å². The molecule has 0 spiro atoms. The average Bonchev–Trinajstić information content (AvgIpc) is 2.42. The highest BCUT2D eigenvalue weighted by Gasteiger charge is 2.03. The van der Waals surface area contributed by atoms with Gasteiger partial charge in [-0.2, -0.15) is 4.98 Å². The molecule has 0 aliphatic heterocycles. The zero-order chi connectivity index (χ0) is 13.7. The summed E-state index contributed by atoms with van der Waals surface area (Å²) < 4.78 is 5.50. The predicted molar refractivity (Wildman–Crippen MR) is 77.0 cm³/mol. The molecule has 1 heterocycles.